The van der Waals surface area contributed by atoms with Crippen LogP contribution in [0.3, 0.4) is 0 Å². The Kier molecular flexibility index (Phi) is 5.51. The number of carbonyl (C=O) groups excluding carboxylic acids is 1. The van der Waals surface area contributed by atoms with Crippen LogP contribution in [0.2, 0.25) is 0 Å². The highest BCUT2D eigenvalue weighted by atomic mass is 32.2. The summed E-state index contributed by atoms with van der Waals surface area (Å²) in [6.45, 7) is 1.50. The van der Waals surface area contributed by atoms with Gasteiger partial charge < -0.3 is 4.90 Å². The van der Waals surface area contributed by atoms with Crippen LogP contribution in [0.1, 0.15) is 41.6 Å². The van der Waals surface area contributed by atoms with Crippen LogP contribution < -0.4 is 4.72 Å². The number of nitrogens with zero attached hydrogens (tertiary/aromatic N) is 1. The molecule has 2 fully saturated rings. The first kappa shape index (κ1) is 19.2. The maximum absolute atomic E-state index is 12.8. The fourth-order valence-electron chi connectivity index (χ4n) is 3.74. The molecule has 1 aliphatic carbocycles. The van der Waals surface area contributed by atoms with Gasteiger partial charge in [-0.25, -0.2) is 13.1 Å². The molecule has 2 aliphatic rings. The number of likely N-dealkylation sites (tertiary alicyclic amines) is 1. The van der Waals surface area contributed by atoms with Gasteiger partial charge in [-0.2, -0.15) is 0 Å². The first-order valence-corrected chi connectivity index (χ1v) is 11.5. The molecular weight excluding hydrogens is 372 g/mol. The van der Waals surface area contributed by atoms with Gasteiger partial charge in [0.2, 0.25) is 10.0 Å². The summed E-state index contributed by atoms with van der Waals surface area (Å²) in [6.07, 6.45) is 4.85. The van der Waals surface area contributed by atoms with Gasteiger partial charge >= 0.3 is 0 Å². The van der Waals surface area contributed by atoms with E-state index in [0.717, 1.165) is 45.2 Å². The highest BCUT2D eigenvalue weighted by molar-refractivity contribution is 7.89. The van der Waals surface area contributed by atoms with E-state index < -0.39 is 10.0 Å². The van der Waals surface area contributed by atoms with Gasteiger partial charge in [-0.3, -0.25) is 4.79 Å². The molecule has 28 heavy (non-hydrogen) atoms. The van der Waals surface area contributed by atoms with E-state index >= 15 is 0 Å². The van der Waals surface area contributed by atoms with E-state index in [-0.39, 0.29) is 16.8 Å². The van der Waals surface area contributed by atoms with Crippen LogP contribution in [-0.2, 0) is 16.4 Å². The van der Waals surface area contributed by atoms with Crippen molar-refractivity contribution in [2.75, 3.05) is 13.1 Å². The third-order valence-corrected chi connectivity index (χ3v) is 7.12. The van der Waals surface area contributed by atoms with Gasteiger partial charge in [0.25, 0.3) is 5.91 Å². The number of rotatable bonds is 6. The molecule has 4 rings (SSSR count). The molecular formula is C22H26N2O3S. The largest absolute Gasteiger partial charge is 0.339 e. The number of amides is 1. The van der Waals surface area contributed by atoms with Crippen LogP contribution in [-0.4, -0.2) is 38.4 Å². The maximum Gasteiger partial charge on any atom is 0.253 e. The quantitative estimate of drug-likeness (QED) is 0.812. The number of sulfonamides is 1. The monoisotopic (exact) mass is 398 g/mol. The normalized spacial score (nSPS) is 18.2. The van der Waals surface area contributed by atoms with Crippen molar-refractivity contribution in [3.8, 4) is 0 Å². The number of hydrogen-bond donors (Lipinski definition) is 1. The van der Waals surface area contributed by atoms with Crippen LogP contribution in [0, 0.1) is 5.92 Å². The first-order valence-electron chi connectivity index (χ1n) is 9.97. The number of benzene rings is 2. The molecule has 1 saturated carbocycles. The molecule has 1 aliphatic heterocycles. The van der Waals surface area contributed by atoms with Crippen molar-refractivity contribution >= 4 is 15.9 Å². The maximum atomic E-state index is 12.8. The lowest BCUT2D eigenvalue weighted by Gasteiger charge is -2.32. The molecule has 0 radical (unpaired) electrons. The van der Waals surface area contributed by atoms with Crippen molar-refractivity contribution in [1.82, 2.24) is 9.62 Å². The van der Waals surface area contributed by atoms with Gasteiger partial charge in [-0.1, -0.05) is 30.3 Å². The second-order valence-corrected chi connectivity index (χ2v) is 9.56. The van der Waals surface area contributed by atoms with Crippen LogP contribution >= 0.6 is 0 Å². The van der Waals surface area contributed by atoms with Gasteiger partial charge in [0.1, 0.15) is 0 Å². The van der Waals surface area contributed by atoms with E-state index in [1.807, 2.05) is 11.0 Å². The lowest BCUT2D eigenvalue weighted by atomic mass is 9.90. The standard InChI is InChI=1S/C22H26N2O3S/c25-22(19-6-10-21(11-7-19)28(26,27)23-20-8-9-20)24-14-12-18(13-15-24)16-17-4-2-1-3-5-17/h1-7,10-11,18,20,23H,8-9,12-16H2. The molecule has 5 nitrogen and oxygen atoms in total. The van der Waals surface area contributed by atoms with Crippen LogP contribution in [0.4, 0.5) is 0 Å². The smallest absolute Gasteiger partial charge is 0.253 e. The average molecular weight is 399 g/mol. The molecule has 2 aromatic carbocycles. The summed E-state index contributed by atoms with van der Waals surface area (Å²) in [5.41, 5.74) is 1.90. The van der Waals surface area contributed by atoms with Crippen molar-refractivity contribution in [3.63, 3.8) is 0 Å². The topological polar surface area (TPSA) is 66.5 Å². The van der Waals surface area contributed by atoms with E-state index in [1.165, 1.54) is 17.7 Å². The number of piperidine rings is 1. The zero-order valence-corrected chi connectivity index (χ0v) is 16.7. The van der Waals surface area contributed by atoms with E-state index in [9.17, 15) is 13.2 Å². The summed E-state index contributed by atoms with van der Waals surface area (Å²) in [4.78, 5) is 14.9. The molecule has 1 amide bonds. The molecule has 0 spiro atoms. The lowest BCUT2D eigenvalue weighted by molar-refractivity contribution is 0.0690. The second-order valence-electron chi connectivity index (χ2n) is 7.85. The second kappa shape index (κ2) is 8.05. The fourth-order valence-corrected chi connectivity index (χ4v) is 5.04. The van der Waals surface area contributed by atoms with E-state index in [4.69, 9.17) is 0 Å². The highest BCUT2D eigenvalue weighted by Gasteiger charge is 2.28. The summed E-state index contributed by atoms with van der Waals surface area (Å²) in [5, 5.41) is 0. The third kappa shape index (κ3) is 4.62. The number of hydrogen-bond acceptors (Lipinski definition) is 3. The molecule has 0 unspecified atom stereocenters. The third-order valence-electron chi connectivity index (χ3n) is 5.58. The summed E-state index contributed by atoms with van der Waals surface area (Å²) in [5.74, 6) is 0.588. The summed E-state index contributed by atoms with van der Waals surface area (Å²) >= 11 is 0. The molecule has 0 aromatic heterocycles. The van der Waals surface area contributed by atoms with Crippen molar-refractivity contribution in [3.05, 3.63) is 65.7 Å². The Hall–Kier alpha value is -2.18. The Labute approximate surface area is 166 Å². The molecule has 1 saturated heterocycles. The van der Waals surface area contributed by atoms with Crippen LogP contribution in [0.5, 0.6) is 0 Å². The lowest BCUT2D eigenvalue weighted by Crippen LogP contribution is -2.38. The van der Waals surface area contributed by atoms with Crippen molar-refractivity contribution < 1.29 is 13.2 Å². The van der Waals surface area contributed by atoms with Gasteiger partial charge in [-0.05, 0) is 67.9 Å². The van der Waals surface area contributed by atoms with E-state index in [1.54, 1.807) is 12.1 Å². The predicted molar refractivity (Wildman–Crippen MR) is 109 cm³/mol. The summed E-state index contributed by atoms with van der Waals surface area (Å²) in [7, 11) is -3.48. The molecule has 0 atom stereocenters. The van der Waals surface area contributed by atoms with Gasteiger partial charge in [0.15, 0.2) is 0 Å². The number of carbonyl (C=O) groups is 1. The Morgan fingerprint density at radius 2 is 1.57 bits per heavy atom. The van der Waals surface area contributed by atoms with E-state index in [2.05, 4.69) is 29.0 Å². The molecule has 6 heteroatoms. The average Bonchev–Trinajstić information content (AvgIpc) is 3.52. The zero-order valence-electron chi connectivity index (χ0n) is 15.9. The predicted octanol–water partition coefficient (Wildman–Crippen LogP) is 3.22. The minimum atomic E-state index is -3.48. The van der Waals surface area contributed by atoms with Crippen molar-refractivity contribution in [2.24, 2.45) is 5.92 Å². The molecule has 1 N–H and O–H groups in total. The van der Waals surface area contributed by atoms with E-state index in [0.29, 0.717) is 11.5 Å². The summed E-state index contributed by atoms with van der Waals surface area (Å²) in [6, 6.07) is 16.9. The van der Waals surface area contributed by atoms with Gasteiger partial charge in [-0.15, -0.1) is 0 Å². The van der Waals surface area contributed by atoms with Crippen LogP contribution in [0.15, 0.2) is 59.5 Å². The van der Waals surface area contributed by atoms with Gasteiger partial charge in [0, 0.05) is 24.7 Å². The Morgan fingerprint density at radius 3 is 2.18 bits per heavy atom. The Morgan fingerprint density at radius 1 is 0.929 bits per heavy atom. The minimum Gasteiger partial charge on any atom is -0.339 e. The fraction of sp³-hybridized carbons (Fsp3) is 0.409. The van der Waals surface area contributed by atoms with Crippen molar-refractivity contribution in [2.45, 2.75) is 43.0 Å². The highest BCUT2D eigenvalue weighted by Crippen LogP contribution is 2.24. The molecule has 148 valence electrons. The Bertz CT molecular complexity index is 914. The number of nitrogens with one attached hydrogen (secondary N) is 1. The molecule has 2 aromatic rings. The zero-order chi connectivity index (χ0) is 19.6. The SMILES string of the molecule is O=C(c1ccc(S(=O)(=O)NC2CC2)cc1)N1CCC(Cc2ccccc2)CC1. The van der Waals surface area contributed by atoms with Crippen molar-refractivity contribution in [1.29, 1.82) is 0 Å². The Balaban J connectivity index is 1.33. The molecule has 1 heterocycles. The molecule has 0 bridgehead atoms. The summed E-state index contributed by atoms with van der Waals surface area (Å²) < 4.78 is 27.2. The minimum absolute atomic E-state index is 0.0164. The first-order chi connectivity index (χ1) is 13.5. The van der Waals surface area contributed by atoms with Crippen LogP contribution in [0.25, 0.3) is 0 Å². The van der Waals surface area contributed by atoms with Gasteiger partial charge in [0.05, 0.1) is 4.90 Å².